The second-order valence-corrected chi connectivity index (χ2v) is 6.26. The van der Waals surface area contributed by atoms with Crippen molar-refractivity contribution in [3.05, 3.63) is 77.7 Å². The molecule has 0 saturated heterocycles. The van der Waals surface area contributed by atoms with Gasteiger partial charge in [0.1, 0.15) is 17.8 Å². The molecular weight excluding hydrogens is 324 g/mol. The number of hydrogen-bond acceptors (Lipinski definition) is 4. The molecule has 0 unspecified atom stereocenters. The zero-order valence-corrected chi connectivity index (χ0v) is 14.6. The van der Waals surface area contributed by atoms with Gasteiger partial charge in [0.2, 0.25) is 0 Å². The summed E-state index contributed by atoms with van der Waals surface area (Å²) in [5.41, 5.74) is 4.77. The van der Waals surface area contributed by atoms with Crippen LogP contribution in [0.2, 0.25) is 0 Å². The number of carbonyl (C=O) groups excluding carboxylic acids is 1. The van der Waals surface area contributed by atoms with Crippen LogP contribution in [0, 0.1) is 0 Å². The van der Waals surface area contributed by atoms with Crippen LogP contribution in [0.5, 0.6) is 0 Å². The average Bonchev–Trinajstić information content (AvgIpc) is 3.12. The Balaban J connectivity index is 1.59. The SMILES string of the molecule is CCc1ccccc1Nc1cc(C(=O)N2CCc3ccccc32)ncn1. The molecule has 3 aromatic rings. The predicted molar refractivity (Wildman–Crippen MR) is 103 cm³/mol. The lowest BCUT2D eigenvalue weighted by molar-refractivity contribution is 0.0984. The van der Waals surface area contributed by atoms with Gasteiger partial charge in [-0.05, 0) is 36.1 Å². The number of aromatic nitrogens is 2. The summed E-state index contributed by atoms with van der Waals surface area (Å²) in [7, 11) is 0. The van der Waals surface area contributed by atoms with E-state index in [9.17, 15) is 4.79 Å². The highest BCUT2D eigenvalue weighted by atomic mass is 16.2. The van der Waals surface area contributed by atoms with Gasteiger partial charge in [-0.1, -0.05) is 43.3 Å². The largest absolute Gasteiger partial charge is 0.340 e. The fourth-order valence-corrected chi connectivity index (χ4v) is 3.32. The topological polar surface area (TPSA) is 58.1 Å². The third-order valence-corrected chi connectivity index (χ3v) is 4.68. The van der Waals surface area contributed by atoms with E-state index < -0.39 is 0 Å². The van der Waals surface area contributed by atoms with E-state index in [-0.39, 0.29) is 5.91 Å². The molecule has 1 amide bonds. The van der Waals surface area contributed by atoms with Crippen LogP contribution in [0.3, 0.4) is 0 Å². The van der Waals surface area contributed by atoms with Crippen molar-refractivity contribution in [2.75, 3.05) is 16.8 Å². The molecule has 5 heteroatoms. The average molecular weight is 344 g/mol. The van der Waals surface area contributed by atoms with Crippen molar-refractivity contribution < 1.29 is 4.79 Å². The Kier molecular flexibility index (Phi) is 4.35. The van der Waals surface area contributed by atoms with Gasteiger partial charge in [-0.3, -0.25) is 4.79 Å². The lowest BCUT2D eigenvalue weighted by atomic mass is 10.1. The maximum Gasteiger partial charge on any atom is 0.277 e. The van der Waals surface area contributed by atoms with E-state index in [1.165, 1.54) is 17.5 Å². The number of para-hydroxylation sites is 2. The number of carbonyl (C=O) groups is 1. The van der Waals surface area contributed by atoms with Crippen LogP contribution in [0.15, 0.2) is 60.9 Å². The molecule has 1 N–H and O–H groups in total. The molecule has 130 valence electrons. The van der Waals surface area contributed by atoms with Crippen LogP contribution in [-0.4, -0.2) is 22.4 Å². The molecular formula is C21H20N4O. The van der Waals surface area contributed by atoms with Crippen LogP contribution in [-0.2, 0) is 12.8 Å². The maximum absolute atomic E-state index is 12.9. The number of amides is 1. The van der Waals surface area contributed by atoms with E-state index in [2.05, 4.69) is 34.3 Å². The summed E-state index contributed by atoms with van der Waals surface area (Å²) >= 11 is 0. The van der Waals surface area contributed by atoms with E-state index in [4.69, 9.17) is 0 Å². The van der Waals surface area contributed by atoms with Gasteiger partial charge >= 0.3 is 0 Å². The van der Waals surface area contributed by atoms with Crippen molar-refractivity contribution in [2.45, 2.75) is 19.8 Å². The number of nitrogens with zero attached hydrogens (tertiary/aromatic N) is 3. The van der Waals surface area contributed by atoms with Crippen LogP contribution in [0.25, 0.3) is 0 Å². The van der Waals surface area contributed by atoms with Gasteiger partial charge < -0.3 is 10.2 Å². The van der Waals surface area contributed by atoms with Crippen LogP contribution >= 0.6 is 0 Å². The number of nitrogens with one attached hydrogen (secondary N) is 1. The van der Waals surface area contributed by atoms with Crippen molar-refractivity contribution in [1.82, 2.24) is 9.97 Å². The van der Waals surface area contributed by atoms with Gasteiger partial charge in [-0.2, -0.15) is 0 Å². The molecule has 2 heterocycles. The molecule has 0 fully saturated rings. The first-order chi connectivity index (χ1) is 12.8. The van der Waals surface area contributed by atoms with Crippen LogP contribution in [0.1, 0.15) is 28.5 Å². The van der Waals surface area contributed by atoms with Gasteiger partial charge in [-0.15, -0.1) is 0 Å². The Morgan fingerprint density at radius 3 is 2.81 bits per heavy atom. The molecule has 4 rings (SSSR count). The Morgan fingerprint density at radius 2 is 1.92 bits per heavy atom. The number of fused-ring (bicyclic) bond motifs is 1. The molecule has 0 atom stereocenters. The van der Waals surface area contributed by atoms with Crippen LogP contribution in [0.4, 0.5) is 17.2 Å². The van der Waals surface area contributed by atoms with Crippen molar-refractivity contribution >= 4 is 23.1 Å². The van der Waals surface area contributed by atoms with Gasteiger partial charge in [0.05, 0.1) is 0 Å². The summed E-state index contributed by atoms with van der Waals surface area (Å²) in [6.45, 7) is 2.80. The van der Waals surface area contributed by atoms with Crippen LogP contribution < -0.4 is 10.2 Å². The Labute approximate surface area is 152 Å². The summed E-state index contributed by atoms with van der Waals surface area (Å²) in [4.78, 5) is 23.2. The molecule has 2 aromatic carbocycles. The number of aryl methyl sites for hydroxylation is 1. The van der Waals surface area contributed by atoms with E-state index >= 15 is 0 Å². The second kappa shape index (κ2) is 6.96. The monoisotopic (exact) mass is 344 g/mol. The van der Waals surface area contributed by atoms with E-state index in [0.717, 1.165) is 24.2 Å². The standard InChI is InChI=1S/C21H20N4O/c1-2-15-7-3-5-9-17(15)24-20-13-18(22-14-23-20)21(26)25-12-11-16-8-4-6-10-19(16)25/h3-10,13-14H,2,11-12H2,1H3,(H,22,23,24). The Morgan fingerprint density at radius 1 is 1.12 bits per heavy atom. The minimum absolute atomic E-state index is 0.0934. The molecule has 1 aromatic heterocycles. The van der Waals surface area contributed by atoms with E-state index in [0.29, 0.717) is 18.1 Å². The molecule has 0 bridgehead atoms. The zero-order valence-electron chi connectivity index (χ0n) is 14.6. The fraction of sp³-hybridized carbons (Fsp3) is 0.190. The van der Waals surface area contributed by atoms with Gasteiger partial charge in [0.15, 0.2) is 0 Å². The van der Waals surface area contributed by atoms with Gasteiger partial charge in [0.25, 0.3) is 5.91 Å². The highest BCUT2D eigenvalue weighted by Gasteiger charge is 2.26. The molecule has 5 nitrogen and oxygen atoms in total. The molecule has 0 aliphatic carbocycles. The summed E-state index contributed by atoms with van der Waals surface area (Å²) in [5, 5.41) is 3.31. The van der Waals surface area contributed by atoms with Gasteiger partial charge in [0, 0.05) is 24.0 Å². The number of hydrogen-bond donors (Lipinski definition) is 1. The minimum atomic E-state index is -0.0934. The lowest BCUT2D eigenvalue weighted by Gasteiger charge is -2.17. The first-order valence-electron chi connectivity index (χ1n) is 8.83. The highest BCUT2D eigenvalue weighted by molar-refractivity contribution is 6.06. The molecule has 0 saturated carbocycles. The fourth-order valence-electron chi connectivity index (χ4n) is 3.32. The first-order valence-corrected chi connectivity index (χ1v) is 8.83. The third kappa shape index (κ3) is 3.04. The number of anilines is 3. The lowest BCUT2D eigenvalue weighted by Crippen LogP contribution is -2.29. The predicted octanol–water partition coefficient (Wildman–Crippen LogP) is 3.99. The minimum Gasteiger partial charge on any atom is -0.340 e. The Bertz CT molecular complexity index is 954. The molecule has 1 aliphatic rings. The first kappa shape index (κ1) is 16.3. The summed E-state index contributed by atoms with van der Waals surface area (Å²) in [6, 6.07) is 17.8. The van der Waals surface area contributed by atoms with E-state index in [1.54, 1.807) is 11.0 Å². The second-order valence-electron chi connectivity index (χ2n) is 6.26. The molecule has 0 radical (unpaired) electrons. The Hall–Kier alpha value is -3.21. The maximum atomic E-state index is 12.9. The normalized spacial score (nSPS) is 12.7. The highest BCUT2D eigenvalue weighted by Crippen LogP contribution is 2.29. The van der Waals surface area contributed by atoms with E-state index in [1.807, 2.05) is 36.4 Å². The zero-order chi connectivity index (χ0) is 17.9. The van der Waals surface area contributed by atoms with Gasteiger partial charge in [-0.25, -0.2) is 9.97 Å². The molecule has 0 spiro atoms. The summed E-state index contributed by atoms with van der Waals surface area (Å²) in [5.74, 6) is 0.529. The van der Waals surface area contributed by atoms with Crippen molar-refractivity contribution in [1.29, 1.82) is 0 Å². The van der Waals surface area contributed by atoms with Crippen molar-refractivity contribution in [3.63, 3.8) is 0 Å². The summed E-state index contributed by atoms with van der Waals surface area (Å²) in [6.07, 6.45) is 3.23. The quantitative estimate of drug-likeness (QED) is 0.777. The molecule has 26 heavy (non-hydrogen) atoms. The number of benzene rings is 2. The third-order valence-electron chi connectivity index (χ3n) is 4.68. The number of rotatable bonds is 4. The van der Waals surface area contributed by atoms with Crippen molar-refractivity contribution in [2.24, 2.45) is 0 Å². The summed E-state index contributed by atoms with van der Waals surface area (Å²) < 4.78 is 0. The molecule has 1 aliphatic heterocycles. The van der Waals surface area contributed by atoms with Crippen molar-refractivity contribution in [3.8, 4) is 0 Å². The smallest absolute Gasteiger partial charge is 0.277 e.